The molecule has 2 fully saturated rings. The first-order valence-corrected chi connectivity index (χ1v) is 13.0. The number of pyridine rings is 1. The molecule has 0 spiro atoms. The SMILES string of the molecule is CCCCN1CCN(c2ccc(-c3ccccn3)cc2C2CCC(C(C)(C)C)CC2)CC1. The van der Waals surface area contributed by atoms with E-state index in [0.717, 1.165) is 24.7 Å². The number of nitrogens with zero attached hydrogens (tertiary/aromatic N) is 3. The number of unbranched alkanes of at least 4 members (excludes halogenated alkanes) is 1. The fourth-order valence-corrected chi connectivity index (χ4v) is 5.73. The maximum atomic E-state index is 4.64. The Bertz CT molecular complexity index is 838. The van der Waals surface area contributed by atoms with Crippen LogP contribution in [-0.2, 0) is 0 Å². The standard InChI is InChI=1S/C29H43N3/c1-5-6-17-31-18-20-32(21-19-31)28-15-12-24(27-9-7-8-16-30-27)22-26(28)23-10-13-25(14-11-23)29(2,3)4/h7-9,12,15-16,22-23,25H,5-6,10-11,13-14,17-21H2,1-4H3. The summed E-state index contributed by atoms with van der Waals surface area (Å²) in [7, 11) is 0. The minimum absolute atomic E-state index is 0.429. The van der Waals surface area contributed by atoms with Crippen molar-refractivity contribution in [3.63, 3.8) is 0 Å². The molecule has 32 heavy (non-hydrogen) atoms. The van der Waals surface area contributed by atoms with Gasteiger partial charge in [-0.05, 0) is 85.7 Å². The van der Waals surface area contributed by atoms with Gasteiger partial charge in [0.25, 0.3) is 0 Å². The summed E-state index contributed by atoms with van der Waals surface area (Å²) in [5, 5.41) is 0. The molecule has 0 radical (unpaired) electrons. The third-order valence-electron chi connectivity index (χ3n) is 7.92. The largest absolute Gasteiger partial charge is 0.369 e. The van der Waals surface area contributed by atoms with Gasteiger partial charge in [0, 0.05) is 43.6 Å². The predicted octanol–water partition coefficient (Wildman–Crippen LogP) is 6.99. The van der Waals surface area contributed by atoms with Crippen LogP contribution in [0.3, 0.4) is 0 Å². The van der Waals surface area contributed by atoms with Crippen LogP contribution in [0, 0.1) is 11.3 Å². The van der Waals surface area contributed by atoms with Crippen LogP contribution < -0.4 is 4.90 Å². The normalized spacial score (nSPS) is 22.8. The third-order valence-corrected chi connectivity index (χ3v) is 7.92. The summed E-state index contributed by atoms with van der Waals surface area (Å²) >= 11 is 0. The Morgan fingerprint density at radius 2 is 1.69 bits per heavy atom. The van der Waals surface area contributed by atoms with Crippen molar-refractivity contribution >= 4 is 5.69 Å². The van der Waals surface area contributed by atoms with E-state index >= 15 is 0 Å². The molecule has 1 aromatic carbocycles. The highest BCUT2D eigenvalue weighted by Crippen LogP contribution is 2.46. The van der Waals surface area contributed by atoms with Crippen LogP contribution >= 0.6 is 0 Å². The molecule has 0 amide bonds. The molecule has 4 rings (SSSR count). The number of anilines is 1. The molecule has 1 aromatic heterocycles. The van der Waals surface area contributed by atoms with Crippen molar-refractivity contribution in [2.24, 2.45) is 11.3 Å². The van der Waals surface area contributed by atoms with Crippen molar-refractivity contribution in [1.82, 2.24) is 9.88 Å². The van der Waals surface area contributed by atoms with E-state index in [0.29, 0.717) is 11.3 Å². The second-order valence-electron chi connectivity index (χ2n) is 11.1. The zero-order valence-corrected chi connectivity index (χ0v) is 20.8. The van der Waals surface area contributed by atoms with E-state index in [1.807, 2.05) is 12.3 Å². The molecular weight excluding hydrogens is 390 g/mol. The van der Waals surface area contributed by atoms with E-state index in [9.17, 15) is 0 Å². The number of piperazine rings is 1. The molecule has 0 bridgehead atoms. The lowest BCUT2D eigenvalue weighted by Gasteiger charge is -2.40. The molecule has 2 aromatic rings. The van der Waals surface area contributed by atoms with Crippen molar-refractivity contribution in [2.75, 3.05) is 37.6 Å². The first kappa shape index (κ1) is 23.3. The lowest BCUT2D eigenvalue weighted by Crippen LogP contribution is -2.47. The minimum atomic E-state index is 0.429. The van der Waals surface area contributed by atoms with E-state index in [-0.39, 0.29) is 0 Å². The molecule has 1 saturated carbocycles. The van der Waals surface area contributed by atoms with Crippen LogP contribution in [0.5, 0.6) is 0 Å². The van der Waals surface area contributed by atoms with Gasteiger partial charge in [-0.25, -0.2) is 0 Å². The molecule has 1 saturated heterocycles. The van der Waals surface area contributed by atoms with Crippen LogP contribution in [-0.4, -0.2) is 42.6 Å². The number of aromatic nitrogens is 1. The average Bonchev–Trinajstić information content (AvgIpc) is 2.83. The highest BCUT2D eigenvalue weighted by molar-refractivity contribution is 5.67. The zero-order valence-electron chi connectivity index (χ0n) is 20.8. The summed E-state index contributed by atoms with van der Waals surface area (Å²) in [6.07, 6.45) is 9.86. The fourth-order valence-electron chi connectivity index (χ4n) is 5.73. The van der Waals surface area contributed by atoms with E-state index < -0.39 is 0 Å². The Kier molecular flexibility index (Phi) is 7.55. The molecule has 2 aliphatic rings. The summed E-state index contributed by atoms with van der Waals surface area (Å²) in [5.41, 5.74) is 5.84. The fraction of sp³-hybridized carbons (Fsp3) is 0.621. The van der Waals surface area contributed by atoms with E-state index in [1.54, 1.807) is 5.56 Å². The predicted molar refractivity (Wildman–Crippen MR) is 137 cm³/mol. The summed E-state index contributed by atoms with van der Waals surface area (Å²) in [5.74, 6) is 1.52. The van der Waals surface area contributed by atoms with Gasteiger partial charge in [-0.1, -0.05) is 46.2 Å². The molecule has 3 heteroatoms. The Labute approximate surface area is 196 Å². The summed E-state index contributed by atoms with van der Waals surface area (Å²) in [4.78, 5) is 9.95. The smallest absolute Gasteiger partial charge is 0.0702 e. The van der Waals surface area contributed by atoms with Crippen molar-refractivity contribution < 1.29 is 0 Å². The van der Waals surface area contributed by atoms with Gasteiger partial charge < -0.3 is 4.90 Å². The highest BCUT2D eigenvalue weighted by Gasteiger charge is 2.32. The van der Waals surface area contributed by atoms with E-state index in [2.05, 4.69) is 72.8 Å². The Balaban J connectivity index is 1.56. The Morgan fingerprint density at radius 1 is 0.938 bits per heavy atom. The summed E-state index contributed by atoms with van der Waals surface area (Å²) < 4.78 is 0. The van der Waals surface area contributed by atoms with Crippen LogP contribution in [0.4, 0.5) is 5.69 Å². The van der Waals surface area contributed by atoms with Crippen LogP contribution in [0.2, 0.25) is 0 Å². The molecular formula is C29H43N3. The van der Waals surface area contributed by atoms with Gasteiger partial charge in [-0.2, -0.15) is 0 Å². The molecule has 0 N–H and O–H groups in total. The van der Waals surface area contributed by atoms with Crippen molar-refractivity contribution in [3.8, 4) is 11.3 Å². The number of rotatable bonds is 6. The van der Waals surface area contributed by atoms with Gasteiger partial charge in [0.1, 0.15) is 0 Å². The van der Waals surface area contributed by atoms with E-state index in [1.165, 1.54) is 69.4 Å². The molecule has 174 valence electrons. The second-order valence-corrected chi connectivity index (χ2v) is 11.1. The van der Waals surface area contributed by atoms with Crippen LogP contribution in [0.1, 0.15) is 77.7 Å². The molecule has 0 unspecified atom stereocenters. The van der Waals surface area contributed by atoms with Gasteiger partial charge in [-0.15, -0.1) is 0 Å². The highest BCUT2D eigenvalue weighted by atomic mass is 15.3. The molecule has 2 heterocycles. The topological polar surface area (TPSA) is 19.4 Å². The number of hydrogen-bond acceptors (Lipinski definition) is 3. The number of hydrogen-bond donors (Lipinski definition) is 0. The van der Waals surface area contributed by atoms with Gasteiger partial charge in [0.2, 0.25) is 0 Å². The maximum absolute atomic E-state index is 4.64. The molecule has 1 aliphatic heterocycles. The van der Waals surface area contributed by atoms with Gasteiger partial charge >= 0.3 is 0 Å². The molecule has 3 nitrogen and oxygen atoms in total. The van der Waals surface area contributed by atoms with Crippen molar-refractivity contribution in [3.05, 3.63) is 48.2 Å². The first-order chi connectivity index (χ1) is 15.5. The third kappa shape index (κ3) is 5.54. The van der Waals surface area contributed by atoms with E-state index in [4.69, 9.17) is 0 Å². The van der Waals surface area contributed by atoms with Gasteiger partial charge in [0.15, 0.2) is 0 Å². The van der Waals surface area contributed by atoms with Crippen LogP contribution in [0.15, 0.2) is 42.6 Å². The Hall–Kier alpha value is -1.87. The van der Waals surface area contributed by atoms with Crippen LogP contribution in [0.25, 0.3) is 11.3 Å². The van der Waals surface area contributed by atoms with Gasteiger partial charge in [0.05, 0.1) is 5.69 Å². The van der Waals surface area contributed by atoms with Crippen molar-refractivity contribution in [1.29, 1.82) is 0 Å². The van der Waals surface area contributed by atoms with Crippen molar-refractivity contribution in [2.45, 2.75) is 72.1 Å². The Morgan fingerprint density at radius 3 is 2.31 bits per heavy atom. The molecule has 1 aliphatic carbocycles. The lowest BCUT2D eigenvalue weighted by atomic mass is 9.68. The quantitative estimate of drug-likeness (QED) is 0.489. The monoisotopic (exact) mass is 433 g/mol. The lowest BCUT2D eigenvalue weighted by molar-refractivity contribution is 0.169. The first-order valence-electron chi connectivity index (χ1n) is 13.0. The second kappa shape index (κ2) is 10.4. The summed E-state index contributed by atoms with van der Waals surface area (Å²) in [6, 6.07) is 13.4. The summed E-state index contributed by atoms with van der Waals surface area (Å²) in [6.45, 7) is 15.5. The maximum Gasteiger partial charge on any atom is 0.0702 e. The zero-order chi connectivity index (χ0) is 22.6. The number of benzene rings is 1. The average molecular weight is 434 g/mol. The van der Waals surface area contributed by atoms with Gasteiger partial charge in [-0.3, -0.25) is 9.88 Å². The molecule has 0 atom stereocenters. The minimum Gasteiger partial charge on any atom is -0.369 e.